The summed E-state index contributed by atoms with van der Waals surface area (Å²) in [5, 5.41) is 0. The number of rotatable bonds is 6. The molecule has 0 N–H and O–H groups in total. The van der Waals surface area contributed by atoms with Gasteiger partial charge in [0.2, 0.25) is 0 Å². The third-order valence-electron chi connectivity index (χ3n) is 5.93. The minimum atomic E-state index is -0.117. The van der Waals surface area contributed by atoms with Gasteiger partial charge in [0.05, 0.1) is 55.1 Å². The molecule has 7 nitrogen and oxygen atoms in total. The second-order valence-electron chi connectivity index (χ2n) is 7.91. The average molecular weight is 430 g/mol. The molecule has 0 bridgehead atoms. The Hall–Kier alpha value is -3.29. The van der Waals surface area contributed by atoms with Crippen LogP contribution in [0.4, 0.5) is 0 Å². The number of fused-ring (bicyclic) bond motifs is 1. The van der Waals surface area contributed by atoms with E-state index in [9.17, 15) is 0 Å². The van der Waals surface area contributed by atoms with Crippen molar-refractivity contribution in [2.75, 3.05) is 26.8 Å². The summed E-state index contributed by atoms with van der Waals surface area (Å²) in [6, 6.07) is 16.2. The van der Waals surface area contributed by atoms with Gasteiger partial charge in [0.25, 0.3) is 0 Å². The number of methoxy groups -OCH3 is 1. The average Bonchev–Trinajstić information content (AvgIpc) is 3.21. The Morgan fingerprint density at radius 2 is 1.91 bits per heavy atom. The molecule has 1 aliphatic rings. The van der Waals surface area contributed by atoms with Crippen LogP contribution in [0.2, 0.25) is 0 Å². The Morgan fingerprint density at radius 1 is 1.06 bits per heavy atom. The molecular formula is C25H27N5O2. The number of hydrogen-bond acceptors (Lipinski definition) is 6. The lowest BCUT2D eigenvalue weighted by molar-refractivity contribution is -0.0360. The van der Waals surface area contributed by atoms with E-state index in [0.717, 1.165) is 60.2 Å². The lowest BCUT2D eigenvalue weighted by atomic mass is 10.1. The van der Waals surface area contributed by atoms with Crippen molar-refractivity contribution in [3.63, 3.8) is 0 Å². The lowest BCUT2D eigenvalue weighted by Gasteiger charge is -2.32. The van der Waals surface area contributed by atoms with Crippen molar-refractivity contribution in [2.24, 2.45) is 0 Å². The maximum Gasteiger partial charge on any atom is 0.124 e. The predicted molar refractivity (Wildman–Crippen MR) is 123 cm³/mol. The second-order valence-corrected chi connectivity index (χ2v) is 7.91. The van der Waals surface area contributed by atoms with Crippen LogP contribution in [-0.4, -0.2) is 51.2 Å². The van der Waals surface area contributed by atoms with E-state index in [-0.39, 0.29) is 6.10 Å². The molecule has 164 valence electrons. The highest BCUT2D eigenvalue weighted by Gasteiger charge is 2.25. The molecule has 32 heavy (non-hydrogen) atoms. The summed E-state index contributed by atoms with van der Waals surface area (Å²) in [5.74, 6) is 1.91. The molecule has 1 aliphatic heterocycles. The van der Waals surface area contributed by atoms with Gasteiger partial charge in [-0.25, -0.2) is 9.97 Å². The van der Waals surface area contributed by atoms with Crippen molar-refractivity contribution in [3.05, 3.63) is 72.4 Å². The molecule has 0 radical (unpaired) electrons. The Morgan fingerprint density at radius 3 is 2.72 bits per heavy atom. The van der Waals surface area contributed by atoms with Gasteiger partial charge in [-0.2, -0.15) is 0 Å². The molecule has 3 heterocycles. The summed E-state index contributed by atoms with van der Waals surface area (Å²) in [5.41, 5.74) is 4.93. The van der Waals surface area contributed by atoms with Crippen molar-refractivity contribution in [3.8, 4) is 17.0 Å². The van der Waals surface area contributed by atoms with Crippen LogP contribution in [0.25, 0.3) is 22.3 Å². The van der Waals surface area contributed by atoms with Crippen molar-refractivity contribution >= 4 is 11.0 Å². The normalized spacial score (nSPS) is 17.0. The Labute approximate surface area is 187 Å². The number of aromatic nitrogens is 4. The molecule has 0 saturated carbocycles. The van der Waals surface area contributed by atoms with Crippen molar-refractivity contribution < 1.29 is 9.47 Å². The quantitative estimate of drug-likeness (QED) is 0.460. The van der Waals surface area contributed by atoms with Gasteiger partial charge < -0.3 is 14.0 Å². The fraction of sp³-hybridized carbons (Fsp3) is 0.320. The van der Waals surface area contributed by atoms with Crippen LogP contribution >= 0.6 is 0 Å². The zero-order valence-corrected chi connectivity index (χ0v) is 18.4. The van der Waals surface area contributed by atoms with Crippen LogP contribution in [0.15, 0.2) is 60.9 Å². The number of imidazole rings is 1. The van der Waals surface area contributed by atoms with Crippen LogP contribution in [-0.2, 0) is 17.8 Å². The third-order valence-corrected chi connectivity index (χ3v) is 5.93. The molecule has 1 atom stereocenters. The third kappa shape index (κ3) is 4.09. The monoisotopic (exact) mass is 429 g/mol. The Kier molecular flexibility index (Phi) is 5.83. The number of hydrogen-bond donors (Lipinski definition) is 0. The number of benzene rings is 2. The number of nitrogens with zero attached hydrogens (tertiary/aromatic N) is 5. The zero-order valence-electron chi connectivity index (χ0n) is 18.4. The van der Waals surface area contributed by atoms with Crippen molar-refractivity contribution in [1.82, 2.24) is 24.4 Å². The fourth-order valence-electron chi connectivity index (χ4n) is 4.26. The molecule has 2 aromatic carbocycles. The van der Waals surface area contributed by atoms with Crippen LogP contribution < -0.4 is 4.74 Å². The van der Waals surface area contributed by atoms with E-state index in [1.54, 1.807) is 13.3 Å². The van der Waals surface area contributed by atoms with Gasteiger partial charge in [-0.15, -0.1) is 0 Å². The molecule has 1 fully saturated rings. The van der Waals surface area contributed by atoms with Gasteiger partial charge in [-0.1, -0.05) is 12.1 Å². The van der Waals surface area contributed by atoms with Gasteiger partial charge in [0.1, 0.15) is 17.7 Å². The Bertz CT molecular complexity index is 1200. The van der Waals surface area contributed by atoms with Crippen molar-refractivity contribution in [1.29, 1.82) is 0 Å². The summed E-state index contributed by atoms with van der Waals surface area (Å²) >= 11 is 0. The lowest BCUT2D eigenvalue weighted by Crippen LogP contribution is -2.38. The molecular weight excluding hydrogens is 402 g/mol. The number of morpholine rings is 1. The SMILES string of the molecule is CCn1c(CN2CCO[C@@H](c3cncc(-c4ccc(OC)cc4)n3)C2)nc2ccccc21. The molecule has 0 spiro atoms. The minimum Gasteiger partial charge on any atom is -0.497 e. The van der Waals surface area contributed by atoms with Crippen LogP contribution in [0.1, 0.15) is 24.5 Å². The summed E-state index contributed by atoms with van der Waals surface area (Å²) < 4.78 is 13.6. The Balaban J connectivity index is 1.34. The molecule has 4 aromatic rings. The van der Waals surface area contributed by atoms with E-state index in [0.29, 0.717) is 6.61 Å². The number of para-hydroxylation sites is 2. The fourth-order valence-corrected chi connectivity index (χ4v) is 4.26. The first-order valence-corrected chi connectivity index (χ1v) is 11.0. The summed E-state index contributed by atoms with van der Waals surface area (Å²) in [4.78, 5) is 16.6. The van der Waals surface area contributed by atoms with Crippen LogP contribution in [0.3, 0.4) is 0 Å². The zero-order chi connectivity index (χ0) is 21.9. The van der Waals surface area contributed by atoms with E-state index in [1.807, 2.05) is 36.5 Å². The minimum absolute atomic E-state index is 0.117. The topological polar surface area (TPSA) is 65.3 Å². The molecule has 0 unspecified atom stereocenters. The van der Waals surface area contributed by atoms with Gasteiger partial charge in [0.15, 0.2) is 0 Å². The van der Waals surface area contributed by atoms with Gasteiger partial charge in [-0.05, 0) is 43.3 Å². The number of ether oxygens (including phenoxy) is 2. The largest absolute Gasteiger partial charge is 0.497 e. The highest BCUT2D eigenvalue weighted by atomic mass is 16.5. The maximum atomic E-state index is 6.08. The van der Waals surface area contributed by atoms with Crippen molar-refractivity contribution in [2.45, 2.75) is 26.1 Å². The van der Waals surface area contributed by atoms with E-state index >= 15 is 0 Å². The first kappa shape index (κ1) is 20.6. The predicted octanol–water partition coefficient (Wildman–Crippen LogP) is 4.10. The smallest absolute Gasteiger partial charge is 0.124 e. The van der Waals surface area contributed by atoms with E-state index < -0.39 is 0 Å². The highest BCUT2D eigenvalue weighted by Crippen LogP contribution is 2.26. The summed E-state index contributed by atoms with van der Waals surface area (Å²) in [6.45, 7) is 6.14. The molecule has 2 aromatic heterocycles. The molecule has 7 heteroatoms. The van der Waals surface area contributed by atoms with E-state index in [2.05, 4.69) is 39.6 Å². The molecule has 0 aliphatic carbocycles. The number of aryl methyl sites for hydroxylation is 1. The van der Waals surface area contributed by atoms with Gasteiger partial charge >= 0.3 is 0 Å². The standard InChI is InChI=1S/C25H27N5O2/c1-3-30-23-7-5-4-6-20(23)28-25(30)17-29-12-13-32-24(16-29)22-15-26-14-21(27-22)18-8-10-19(31-2)11-9-18/h4-11,14-15,24H,3,12-13,16-17H2,1-2H3/t24-/m1/s1. The maximum absolute atomic E-state index is 6.08. The second kappa shape index (κ2) is 9.06. The van der Waals surface area contributed by atoms with Gasteiger partial charge in [-0.3, -0.25) is 9.88 Å². The highest BCUT2D eigenvalue weighted by molar-refractivity contribution is 5.75. The van der Waals surface area contributed by atoms with E-state index in [4.69, 9.17) is 19.4 Å². The summed E-state index contributed by atoms with van der Waals surface area (Å²) in [6.07, 6.45) is 3.48. The molecule has 5 rings (SSSR count). The summed E-state index contributed by atoms with van der Waals surface area (Å²) in [7, 11) is 1.66. The van der Waals surface area contributed by atoms with Gasteiger partial charge in [0, 0.05) is 25.2 Å². The molecule has 1 saturated heterocycles. The van der Waals surface area contributed by atoms with Crippen LogP contribution in [0.5, 0.6) is 5.75 Å². The first-order valence-electron chi connectivity index (χ1n) is 11.0. The van der Waals surface area contributed by atoms with E-state index in [1.165, 1.54) is 5.52 Å². The molecule has 0 amide bonds. The first-order chi connectivity index (χ1) is 15.7. The van der Waals surface area contributed by atoms with Crippen LogP contribution in [0, 0.1) is 0 Å².